The molecule has 1 rings (SSSR count). The number of rotatable bonds is 8. The molecule has 1 aliphatic rings. The van der Waals surface area contributed by atoms with Crippen LogP contribution in [0.4, 0.5) is 0 Å². The summed E-state index contributed by atoms with van der Waals surface area (Å²) in [5.74, 6) is -2.50. The zero-order valence-corrected chi connectivity index (χ0v) is 18.7. The summed E-state index contributed by atoms with van der Waals surface area (Å²) in [6, 6.07) is -1.06. The predicted molar refractivity (Wildman–Crippen MR) is 86.3 cm³/mol. The van der Waals surface area contributed by atoms with Gasteiger partial charge >= 0.3 is 5.97 Å². The molecule has 0 aromatic carbocycles. The smallest absolute Gasteiger partial charge is 0.309 e. The van der Waals surface area contributed by atoms with Crippen molar-refractivity contribution in [3.8, 4) is 0 Å². The molecule has 5 atom stereocenters. The van der Waals surface area contributed by atoms with E-state index in [4.69, 9.17) is 17.2 Å². The van der Waals surface area contributed by atoms with Crippen molar-refractivity contribution >= 4 is 11.9 Å². The molecule has 1 saturated carbocycles. The first-order valence-corrected chi connectivity index (χ1v) is 8.04. The third kappa shape index (κ3) is 6.15. The molecule has 0 aliphatic heterocycles. The van der Waals surface area contributed by atoms with Gasteiger partial charge in [-0.3, -0.25) is 4.79 Å². The molecular weight excluding hydrogens is 511 g/mol. The number of aliphatic hydroxyl groups is 1. The first-order chi connectivity index (χ1) is 10.3. The molecule has 7 nitrogen and oxygen atoms in total. The molecule has 0 aromatic rings. The van der Waals surface area contributed by atoms with Crippen molar-refractivity contribution in [3.05, 3.63) is 5.73 Å². The molecular formula is C15H29AcN4O3-. The van der Waals surface area contributed by atoms with E-state index in [1.165, 1.54) is 0 Å². The van der Waals surface area contributed by atoms with E-state index in [1.807, 2.05) is 0 Å². The number of nitrogens with two attached hydrogens (primary N) is 2. The van der Waals surface area contributed by atoms with E-state index in [9.17, 15) is 15.0 Å². The zero-order chi connectivity index (χ0) is 16.9. The Bertz CT molecular complexity index is 398. The normalized spacial score (nSPS) is 28.2. The van der Waals surface area contributed by atoms with Crippen molar-refractivity contribution in [2.75, 3.05) is 0 Å². The Labute approximate surface area is 174 Å². The number of aliphatic hydroxyl groups excluding tert-OH is 1. The molecule has 23 heavy (non-hydrogen) atoms. The van der Waals surface area contributed by atoms with Crippen molar-refractivity contribution in [1.29, 1.82) is 0 Å². The van der Waals surface area contributed by atoms with Gasteiger partial charge in [-0.15, -0.1) is 6.04 Å². The van der Waals surface area contributed by atoms with Gasteiger partial charge in [-0.05, 0) is 12.3 Å². The van der Waals surface area contributed by atoms with E-state index in [0.29, 0.717) is 0 Å². The van der Waals surface area contributed by atoms with E-state index in [0.717, 1.165) is 25.7 Å². The van der Waals surface area contributed by atoms with Crippen LogP contribution in [0.3, 0.4) is 0 Å². The summed E-state index contributed by atoms with van der Waals surface area (Å²) in [4.78, 5) is 15.4. The Kier molecular flexibility index (Phi) is 10.9. The maximum atomic E-state index is 11.3. The van der Waals surface area contributed by atoms with Crippen molar-refractivity contribution in [3.63, 3.8) is 0 Å². The topological polar surface area (TPSA) is 146 Å². The summed E-state index contributed by atoms with van der Waals surface area (Å²) in [6.45, 7) is 4.13. The van der Waals surface area contributed by atoms with Crippen molar-refractivity contribution in [2.45, 2.75) is 64.1 Å². The number of hydrogen-bond acceptors (Lipinski definition) is 3. The summed E-state index contributed by atoms with van der Waals surface area (Å²) in [6.07, 6.45) is 2.79. The minimum atomic E-state index is -1.08. The van der Waals surface area contributed by atoms with Crippen molar-refractivity contribution < 1.29 is 59.1 Å². The quantitative estimate of drug-likeness (QED) is 0.271. The average molecular weight is 540 g/mol. The van der Waals surface area contributed by atoms with Gasteiger partial charge in [0.25, 0.3) is 0 Å². The number of carboxylic acids is 1. The molecule has 1 aliphatic carbocycles. The molecule has 8 heteroatoms. The third-order valence-electron chi connectivity index (χ3n) is 4.62. The number of aliphatic imine (C=N–C) groups is 1. The standard InChI is InChI=1S/C15H29N4O3.Ac/c1-3-5-8(6-4-2)12(16)11-10(19-15(17)18)7-9(13(11)20)14(21)22;/h8-13,16,20H,3-7H2,1-2H3,(H,21,22)(H4,17,18,19);/q-1;/t9-,10+,11+,12?,13+;/m0./s1. The number of aliphatic carboxylic acids is 1. The summed E-state index contributed by atoms with van der Waals surface area (Å²) in [5.41, 5.74) is 19.4. The second-order valence-electron chi connectivity index (χ2n) is 6.23. The molecule has 0 spiro atoms. The van der Waals surface area contributed by atoms with Gasteiger partial charge < -0.3 is 27.4 Å². The molecule has 1 radical (unpaired) electrons. The van der Waals surface area contributed by atoms with Crippen LogP contribution in [0.2, 0.25) is 0 Å². The maximum absolute atomic E-state index is 11.3. The Morgan fingerprint density at radius 3 is 2.22 bits per heavy atom. The van der Waals surface area contributed by atoms with Crippen molar-refractivity contribution in [2.24, 2.45) is 34.2 Å². The van der Waals surface area contributed by atoms with Crippen LogP contribution in [0.1, 0.15) is 46.0 Å². The van der Waals surface area contributed by atoms with Gasteiger partial charge in [0.15, 0.2) is 5.96 Å². The SMILES string of the molecule is CCCC(CCC)C([NH-])[C@@H]1[C@H](O)[C@@H](C(=O)O)C[C@H]1N=C(N)N.[Ac]. The molecule has 0 aromatic heterocycles. The summed E-state index contributed by atoms with van der Waals surface area (Å²) >= 11 is 0. The molecule has 131 valence electrons. The zero-order valence-electron chi connectivity index (χ0n) is 14.0. The fraction of sp³-hybridized carbons (Fsp3) is 0.867. The van der Waals surface area contributed by atoms with Gasteiger partial charge in [0.1, 0.15) is 0 Å². The molecule has 1 unspecified atom stereocenters. The Hall–Kier alpha value is 0.102. The van der Waals surface area contributed by atoms with Gasteiger partial charge in [0.05, 0.1) is 18.1 Å². The van der Waals surface area contributed by atoms with E-state index < -0.39 is 36.0 Å². The predicted octanol–water partition coefficient (Wildman–Crippen LogP) is 1.35. The Morgan fingerprint density at radius 2 is 1.83 bits per heavy atom. The average Bonchev–Trinajstić information content (AvgIpc) is 2.74. The Morgan fingerprint density at radius 1 is 1.30 bits per heavy atom. The minimum absolute atomic E-state index is 0. The largest absolute Gasteiger partial charge is 0.674 e. The summed E-state index contributed by atoms with van der Waals surface area (Å²) in [7, 11) is 0. The number of hydrogen-bond donors (Lipinski definition) is 4. The van der Waals surface area contributed by atoms with Gasteiger partial charge in [0.2, 0.25) is 0 Å². The van der Waals surface area contributed by atoms with Crippen LogP contribution in [0.15, 0.2) is 4.99 Å². The van der Waals surface area contributed by atoms with E-state index >= 15 is 0 Å². The fourth-order valence-electron chi connectivity index (χ4n) is 3.64. The van der Waals surface area contributed by atoms with Crippen LogP contribution in [0, 0.1) is 61.8 Å². The molecule has 0 bridgehead atoms. The summed E-state index contributed by atoms with van der Waals surface area (Å²) < 4.78 is 0. The number of carboxylic acid groups (broad SMARTS) is 1. The van der Waals surface area contributed by atoms with Crippen LogP contribution in [0.5, 0.6) is 0 Å². The van der Waals surface area contributed by atoms with Crippen LogP contribution in [0.25, 0.3) is 5.73 Å². The van der Waals surface area contributed by atoms with E-state index in [2.05, 4.69) is 18.8 Å². The maximum Gasteiger partial charge on any atom is 0.309 e. The first-order valence-electron chi connectivity index (χ1n) is 8.04. The van der Waals surface area contributed by atoms with Crippen LogP contribution < -0.4 is 11.5 Å². The van der Waals surface area contributed by atoms with E-state index in [1.54, 1.807) is 0 Å². The van der Waals surface area contributed by atoms with E-state index in [-0.39, 0.29) is 62.4 Å². The molecule has 1 fully saturated rings. The fourth-order valence-corrected chi connectivity index (χ4v) is 3.64. The molecule has 0 amide bonds. The van der Waals surface area contributed by atoms with Gasteiger partial charge in [-0.2, -0.15) is 0 Å². The van der Waals surface area contributed by atoms with Gasteiger partial charge in [-0.25, -0.2) is 4.99 Å². The van der Waals surface area contributed by atoms with Gasteiger partial charge in [0, 0.05) is 44.1 Å². The first kappa shape index (κ1) is 23.1. The van der Waals surface area contributed by atoms with Crippen LogP contribution >= 0.6 is 0 Å². The number of guanidine groups is 1. The third-order valence-corrected chi connectivity index (χ3v) is 4.62. The second-order valence-corrected chi connectivity index (χ2v) is 6.23. The Balaban J connectivity index is 0.00000484. The molecule has 0 heterocycles. The summed E-state index contributed by atoms with van der Waals surface area (Å²) in [5, 5.41) is 19.7. The monoisotopic (exact) mass is 540 g/mol. The van der Waals surface area contributed by atoms with Crippen LogP contribution in [-0.2, 0) is 4.79 Å². The van der Waals surface area contributed by atoms with Crippen molar-refractivity contribution in [1.82, 2.24) is 0 Å². The molecule has 0 saturated heterocycles. The van der Waals surface area contributed by atoms with Crippen LogP contribution in [-0.4, -0.2) is 40.3 Å². The number of nitrogens with one attached hydrogen (secondary N) is 1. The van der Waals surface area contributed by atoms with Gasteiger partial charge in [-0.1, -0.05) is 45.4 Å². The second kappa shape index (κ2) is 10.9. The molecule has 7 N–H and O–H groups in total. The minimum Gasteiger partial charge on any atom is -0.674 e. The number of nitrogens with zero attached hydrogens (tertiary/aromatic N) is 1. The number of carbonyl (C=O) groups is 1.